The maximum atomic E-state index is 13.1. The van der Waals surface area contributed by atoms with Crippen molar-refractivity contribution in [1.82, 2.24) is 4.72 Å². The molecule has 0 aromatic heterocycles. The van der Waals surface area contributed by atoms with E-state index in [4.69, 9.17) is 0 Å². The van der Waals surface area contributed by atoms with E-state index < -0.39 is 10.0 Å². The highest BCUT2D eigenvalue weighted by Crippen LogP contribution is 2.32. The standard InChI is InChI=1S/C21H24N2O3S/c1-14-12-15(2)19-4-3-11-23(20(19)13-14)21(24)16-5-9-18(10-6-16)27(25,26)22-17-7-8-17/h5-6,9-10,12-13,17,22H,3-4,7-8,11H2,1-2H3. The molecule has 6 heteroatoms. The monoisotopic (exact) mass is 384 g/mol. The fourth-order valence-corrected chi connectivity index (χ4v) is 5.01. The molecule has 0 atom stereocenters. The molecule has 2 aliphatic rings. The second-order valence-electron chi connectivity index (χ2n) is 7.56. The molecule has 0 radical (unpaired) electrons. The molecule has 1 aliphatic carbocycles. The van der Waals surface area contributed by atoms with Crippen molar-refractivity contribution < 1.29 is 13.2 Å². The van der Waals surface area contributed by atoms with Gasteiger partial charge < -0.3 is 4.90 Å². The van der Waals surface area contributed by atoms with Crippen LogP contribution in [-0.4, -0.2) is 26.9 Å². The number of anilines is 1. The summed E-state index contributed by atoms with van der Waals surface area (Å²) < 4.78 is 27.3. The topological polar surface area (TPSA) is 66.5 Å². The first-order valence-electron chi connectivity index (χ1n) is 9.39. The average molecular weight is 385 g/mol. The molecule has 0 bridgehead atoms. The Kier molecular flexibility index (Phi) is 4.56. The molecular weight excluding hydrogens is 360 g/mol. The van der Waals surface area contributed by atoms with E-state index >= 15 is 0 Å². The number of sulfonamides is 1. The lowest BCUT2D eigenvalue weighted by Crippen LogP contribution is -2.36. The maximum Gasteiger partial charge on any atom is 0.258 e. The van der Waals surface area contributed by atoms with Gasteiger partial charge in [0.25, 0.3) is 5.91 Å². The molecule has 5 nitrogen and oxygen atoms in total. The van der Waals surface area contributed by atoms with E-state index in [0.29, 0.717) is 12.1 Å². The van der Waals surface area contributed by atoms with Gasteiger partial charge in [-0.3, -0.25) is 4.79 Å². The van der Waals surface area contributed by atoms with Gasteiger partial charge in [-0.1, -0.05) is 6.07 Å². The quantitative estimate of drug-likeness (QED) is 0.879. The predicted octanol–water partition coefficient (Wildman–Crippen LogP) is 3.34. The summed E-state index contributed by atoms with van der Waals surface area (Å²) in [7, 11) is -3.50. The number of carbonyl (C=O) groups excluding carboxylic acids is 1. The van der Waals surface area contributed by atoms with E-state index in [-0.39, 0.29) is 16.8 Å². The lowest BCUT2D eigenvalue weighted by molar-refractivity contribution is 0.0985. The molecule has 0 saturated heterocycles. The maximum absolute atomic E-state index is 13.1. The van der Waals surface area contributed by atoms with Crippen LogP contribution in [0.2, 0.25) is 0 Å². The number of rotatable bonds is 4. The zero-order valence-corrected chi connectivity index (χ0v) is 16.5. The molecule has 142 valence electrons. The SMILES string of the molecule is Cc1cc(C)c2c(c1)N(C(=O)c1ccc(S(=O)(=O)NC3CC3)cc1)CCC2. The van der Waals surface area contributed by atoms with E-state index in [0.717, 1.165) is 36.9 Å². The Morgan fingerprint density at radius 1 is 1.11 bits per heavy atom. The second kappa shape index (κ2) is 6.77. The molecule has 1 saturated carbocycles. The summed E-state index contributed by atoms with van der Waals surface area (Å²) in [5.74, 6) is -0.0833. The van der Waals surface area contributed by atoms with E-state index in [2.05, 4.69) is 23.8 Å². The van der Waals surface area contributed by atoms with Crippen LogP contribution in [0.1, 0.15) is 46.3 Å². The third-order valence-corrected chi connectivity index (χ3v) is 6.79. The minimum Gasteiger partial charge on any atom is -0.308 e. The highest BCUT2D eigenvalue weighted by Gasteiger charge is 2.29. The van der Waals surface area contributed by atoms with Crippen LogP contribution in [0.15, 0.2) is 41.3 Å². The number of amides is 1. The Morgan fingerprint density at radius 3 is 2.48 bits per heavy atom. The smallest absolute Gasteiger partial charge is 0.258 e. The van der Waals surface area contributed by atoms with Gasteiger partial charge in [0.1, 0.15) is 0 Å². The van der Waals surface area contributed by atoms with Crippen molar-refractivity contribution in [3.8, 4) is 0 Å². The molecule has 1 amide bonds. The summed E-state index contributed by atoms with van der Waals surface area (Å²) in [5.41, 5.74) is 5.07. The Labute approximate surface area is 160 Å². The van der Waals surface area contributed by atoms with Crippen LogP contribution in [0.25, 0.3) is 0 Å². The molecule has 2 aromatic rings. The Bertz CT molecular complexity index is 993. The van der Waals surface area contributed by atoms with Crippen LogP contribution in [0.4, 0.5) is 5.69 Å². The van der Waals surface area contributed by atoms with Crippen molar-refractivity contribution in [2.45, 2.75) is 50.5 Å². The van der Waals surface area contributed by atoms with Gasteiger partial charge in [0.2, 0.25) is 10.0 Å². The van der Waals surface area contributed by atoms with Gasteiger partial charge in [-0.25, -0.2) is 13.1 Å². The van der Waals surface area contributed by atoms with Crippen LogP contribution in [0.3, 0.4) is 0 Å². The van der Waals surface area contributed by atoms with Crippen LogP contribution >= 0.6 is 0 Å². The summed E-state index contributed by atoms with van der Waals surface area (Å²) in [6, 6.07) is 10.5. The van der Waals surface area contributed by atoms with Crippen LogP contribution in [0.5, 0.6) is 0 Å². The third-order valence-electron chi connectivity index (χ3n) is 5.25. The number of carbonyl (C=O) groups is 1. The molecular formula is C21H24N2O3S. The number of aryl methyl sites for hydroxylation is 2. The minimum atomic E-state index is -3.50. The van der Waals surface area contributed by atoms with Crippen LogP contribution in [0, 0.1) is 13.8 Å². The number of hydrogen-bond acceptors (Lipinski definition) is 3. The molecule has 1 fully saturated rings. The fourth-order valence-electron chi connectivity index (χ4n) is 3.71. The normalized spacial score (nSPS) is 16.9. The predicted molar refractivity (Wildman–Crippen MR) is 106 cm³/mol. The largest absolute Gasteiger partial charge is 0.308 e. The summed E-state index contributed by atoms with van der Waals surface area (Å²) in [6.07, 6.45) is 3.70. The number of hydrogen-bond donors (Lipinski definition) is 1. The summed E-state index contributed by atoms with van der Waals surface area (Å²) in [6.45, 7) is 4.81. The van der Waals surface area contributed by atoms with Gasteiger partial charge in [0.15, 0.2) is 0 Å². The molecule has 2 aromatic carbocycles. The second-order valence-corrected chi connectivity index (χ2v) is 9.27. The summed E-state index contributed by atoms with van der Waals surface area (Å²) in [4.78, 5) is 15.1. The first-order chi connectivity index (χ1) is 12.8. The Hall–Kier alpha value is -2.18. The molecule has 1 heterocycles. The van der Waals surface area contributed by atoms with Crippen molar-refractivity contribution >= 4 is 21.6 Å². The summed E-state index contributed by atoms with van der Waals surface area (Å²) in [5, 5.41) is 0. The van der Waals surface area contributed by atoms with Gasteiger partial charge in [0.05, 0.1) is 4.90 Å². The van der Waals surface area contributed by atoms with Gasteiger partial charge in [0, 0.05) is 23.8 Å². The molecule has 4 rings (SSSR count). The Balaban J connectivity index is 1.61. The molecule has 0 unspecified atom stereocenters. The minimum absolute atomic E-state index is 0.0626. The number of benzene rings is 2. The van der Waals surface area contributed by atoms with Crippen molar-refractivity contribution in [3.63, 3.8) is 0 Å². The van der Waals surface area contributed by atoms with Gasteiger partial charge in [-0.15, -0.1) is 0 Å². The number of nitrogens with zero attached hydrogens (tertiary/aromatic N) is 1. The highest BCUT2D eigenvalue weighted by atomic mass is 32.2. The molecule has 27 heavy (non-hydrogen) atoms. The number of fused-ring (bicyclic) bond motifs is 1. The molecule has 1 aliphatic heterocycles. The molecule has 0 spiro atoms. The third kappa shape index (κ3) is 3.64. The van der Waals surface area contributed by atoms with E-state index in [1.165, 1.54) is 23.3 Å². The van der Waals surface area contributed by atoms with Crippen LogP contribution < -0.4 is 9.62 Å². The summed E-state index contributed by atoms with van der Waals surface area (Å²) >= 11 is 0. The number of nitrogens with one attached hydrogen (secondary N) is 1. The van der Waals surface area contributed by atoms with Gasteiger partial charge in [-0.05, 0) is 86.6 Å². The van der Waals surface area contributed by atoms with Crippen molar-refractivity contribution in [2.24, 2.45) is 0 Å². The zero-order chi connectivity index (χ0) is 19.2. The van der Waals surface area contributed by atoms with Gasteiger partial charge >= 0.3 is 0 Å². The lowest BCUT2D eigenvalue weighted by Gasteiger charge is -2.31. The average Bonchev–Trinajstić information content (AvgIpc) is 3.44. The van der Waals surface area contributed by atoms with Gasteiger partial charge in [-0.2, -0.15) is 0 Å². The highest BCUT2D eigenvalue weighted by molar-refractivity contribution is 7.89. The fraction of sp³-hybridized carbons (Fsp3) is 0.381. The van der Waals surface area contributed by atoms with Crippen molar-refractivity contribution in [3.05, 3.63) is 58.7 Å². The van der Waals surface area contributed by atoms with Crippen molar-refractivity contribution in [1.29, 1.82) is 0 Å². The molecule has 1 N–H and O–H groups in total. The zero-order valence-electron chi connectivity index (χ0n) is 15.7. The van der Waals surface area contributed by atoms with Crippen LogP contribution in [-0.2, 0) is 16.4 Å². The first-order valence-corrected chi connectivity index (χ1v) is 10.9. The van der Waals surface area contributed by atoms with E-state index in [9.17, 15) is 13.2 Å². The van der Waals surface area contributed by atoms with Crippen molar-refractivity contribution in [2.75, 3.05) is 11.4 Å². The lowest BCUT2D eigenvalue weighted by atomic mass is 9.94. The van der Waals surface area contributed by atoms with E-state index in [1.54, 1.807) is 12.1 Å². The Morgan fingerprint density at radius 2 is 1.81 bits per heavy atom. The van der Waals surface area contributed by atoms with E-state index in [1.807, 2.05) is 11.8 Å². The first kappa shape index (κ1) is 18.2.